The topological polar surface area (TPSA) is 59.9 Å². The monoisotopic (exact) mass is 318 g/mol. The summed E-state index contributed by atoms with van der Waals surface area (Å²) in [6.07, 6.45) is 4.60. The normalized spacial score (nSPS) is 25.6. The standard InChI is InChI=1S/C17H26N4O2/c1-19(2)16-13(5-4-8-18-16)17(23)21-11-9-20(10-12-21)14-6-3-7-15(14)22/h4-5,8,14-15,22H,3,6-7,9-12H2,1-2H3/t14-,15+/m1/s1. The summed E-state index contributed by atoms with van der Waals surface area (Å²) in [6, 6.07) is 3.94. The summed E-state index contributed by atoms with van der Waals surface area (Å²) in [7, 11) is 3.80. The molecule has 0 radical (unpaired) electrons. The number of aromatic nitrogens is 1. The van der Waals surface area contributed by atoms with Crippen LogP contribution in [0.15, 0.2) is 18.3 Å². The van der Waals surface area contributed by atoms with E-state index in [2.05, 4.69) is 9.88 Å². The lowest BCUT2D eigenvalue weighted by Gasteiger charge is -2.39. The average Bonchev–Trinajstić information content (AvgIpc) is 3.00. The fourth-order valence-corrected chi connectivity index (χ4v) is 3.69. The summed E-state index contributed by atoms with van der Waals surface area (Å²) >= 11 is 0. The largest absolute Gasteiger partial charge is 0.391 e. The van der Waals surface area contributed by atoms with Gasteiger partial charge >= 0.3 is 0 Å². The fraction of sp³-hybridized carbons (Fsp3) is 0.647. The molecule has 0 unspecified atom stereocenters. The molecule has 2 fully saturated rings. The number of aliphatic hydroxyl groups excluding tert-OH is 1. The van der Waals surface area contributed by atoms with Gasteiger partial charge in [-0.25, -0.2) is 4.98 Å². The maximum Gasteiger partial charge on any atom is 0.257 e. The third kappa shape index (κ3) is 3.33. The summed E-state index contributed by atoms with van der Waals surface area (Å²) in [5.74, 6) is 0.763. The van der Waals surface area contributed by atoms with E-state index in [1.54, 1.807) is 6.20 Å². The summed E-state index contributed by atoms with van der Waals surface area (Å²) in [5.41, 5.74) is 0.659. The van der Waals surface area contributed by atoms with Crippen molar-refractivity contribution in [3.05, 3.63) is 23.9 Å². The van der Waals surface area contributed by atoms with E-state index in [0.717, 1.165) is 32.4 Å². The van der Waals surface area contributed by atoms with Gasteiger partial charge in [0.2, 0.25) is 0 Å². The second-order valence-electron chi connectivity index (χ2n) is 6.66. The highest BCUT2D eigenvalue weighted by molar-refractivity contribution is 5.98. The van der Waals surface area contributed by atoms with Crippen LogP contribution in [0.1, 0.15) is 29.6 Å². The van der Waals surface area contributed by atoms with Crippen LogP contribution in [0.5, 0.6) is 0 Å². The first-order valence-corrected chi connectivity index (χ1v) is 8.41. The minimum atomic E-state index is -0.198. The third-order valence-corrected chi connectivity index (χ3v) is 4.96. The van der Waals surface area contributed by atoms with Crippen LogP contribution < -0.4 is 4.90 Å². The zero-order chi connectivity index (χ0) is 16.4. The molecule has 1 saturated carbocycles. The molecule has 1 amide bonds. The van der Waals surface area contributed by atoms with Gasteiger partial charge in [-0.2, -0.15) is 0 Å². The van der Waals surface area contributed by atoms with Crippen molar-refractivity contribution in [1.29, 1.82) is 0 Å². The Morgan fingerprint density at radius 1 is 1.26 bits per heavy atom. The third-order valence-electron chi connectivity index (χ3n) is 4.96. The van der Waals surface area contributed by atoms with Crippen molar-refractivity contribution in [1.82, 2.24) is 14.8 Å². The second-order valence-corrected chi connectivity index (χ2v) is 6.66. The molecule has 6 heteroatoms. The Morgan fingerprint density at radius 2 is 2.00 bits per heavy atom. The zero-order valence-corrected chi connectivity index (χ0v) is 14.0. The van der Waals surface area contributed by atoms with Gasteiger partial charge in [-0.1, -0.05) is 0 Å². The fourth-order valence-electron chi connectivity index (χ4n) is 3.69. The van der Waals surface area contributed by atoms with Gasteiger partial charge in [0.1, 0.15) is 5.82 Å². The van der Waals surface area contributed by atoms with Crippen molar-refractivity contribution in [2.24, 2.45) is 0 Å². The molecule has 6 nitrogen and oxygen atoms in total. The SMILES string of the molecule is CN(C)c1ncccc1C(=O)N1CCN([C@@H]2CCC[C@@H]2O)CC1. The Balaban J connectivity index is 1.65. The van der Waals surface area contributed by atoms with E-state index in [0.29, 0.717) is 24.5 Å². The van der Waals surface area contributed by atoms with E-state index in [-0.39, 0.29) is 18.1 Å². The Morgan fingerprint density at radius 3 is 2.61 bits per heavy atom. The highest BCUT2D eigenvalue weighted by atomic mass is 16.3. The molecule has 0 aromatic carbocycles. The van der Waals surface area contributed by atoms with Crippen LogP contribution in [-0.4, -0.2) is 78.2 Å². The van der Waals surface area contributed by atoms with Crippen molar-refractivity contribution in [3.63, 3.8) is 0 Å². The van der Waals surface area contributed by atoms with Crippen LogP contribution in [0.25, 0.3) is 0 Å². The minimum Gasteiger partial charge on any atom is -0.391 e. The van der Waals surface area contributed by atoms with Crippen LogP contribution in [0.3, 0.4) is 0 Å². The number of carbonyl (C=O) groups excluding carboxylic acids is 1. The first-order valence-electron chi connectivity index (χ1n) is 8.41. The van der Waals surface area contributed by atoms with Crippen LogP contribution in [-0.2, 0) is 0 Å². The average molecular weight is 318 g/mol. The Labute approximate surface area is 137 Å². The predicted octanol–water partition coefficient (Wildman–Crippen LogP) is 0.819. The van der Waals surface area contributed by atoms with Gasteiger partial charge in [-0.15, -0.1) is 0 Å². The lowest BCUT2D eigenvalue weighted by atomic mass is 10.1. The maximum absolute atomic E-state index is 12.8. The minimum absolute atomic E-state index is 0.0495. The van der Waals surface area contributed by atoms with E-state index in [1.807, 2.05) is 36.0 Å². The molecule has 23 heavy (non-hydrogen) atoms. The van der Waals surface area contributed by atoms with Crippen molar-refractivity contribution < 1.29 is 9.90 Å². The molecule has 1 aliphatic heterocycles. The smallest absolute Gasteiger partial charge is 0.257 e. The van der Waals surface area contributed by atoms with E-state index >= 15 is 0 Å². The highest BCUT2D eigenvalue weighted by Gasteiger charge is 2.33. The van der Waals surface area contributed by atoms with Crippen molar-refractivity contribution >= 4 is 11.7 Å². The molecule has 2 heterocycles. The van der Waals surface area contributed by atoms with Crippen molar-refractivity contribution in [2.75, 3.05) is 45.2 Å². The van der Waals surface area contributed by atoms with Crippen LogP contribution >= 0.6 is 0 Å². The number of aliphatic hydroxyl groups is 1. The number of pyridine rings is 1. The molecule has 126 valence electrons. The number of piperazine rings is 1. The molecule has 1 saturated heterocycles. The number of carbonyl (C=O) groups is 1. The quantitative estimate of drug-likeness (QED) is 0.894. The van der Waals surface area contributed by atoms with Crippen molar-refractivity contribution in [3.8, 4) is 0 Å². The molecule has 3 rings (SSSR count). The molecule has 2 aliphatic rings. The van der Waals surface area contributed by atoms with Crippen LogP contribution in [0.4, 0.5) is 5.82 Å². The first-order chi connectivity index (χ1) is 11.1. The molecular formula is C17H26N4O2. The lowest BCUT2D eigenvalue weighted by Crippen LogP contribution is -2.53. The molecule has 1 aromatic heterocycles. The second kappa shape index (κ2) is 6.84. The van der Waals surface area contributed by atoms with Gasteiger partial charge in [0.25, 0.3) is 5.91 Å². The van der Waals surface area contributed by atoms with Crippen molar-refractivity contribution in [2.45, 2.75) is 31.4 Å². The Hall–Kier alpha value is -1.66. The van der Waals surface area contributed by atoms with Gasteiger partial charge in [0, 0.05) is 52.5 Å². The summed E-state index contributed by atoms with van der Waals surface area (Å²) in [5, 5.41) is 10.1. The Bertz CT molecular complexity index is 555. The first kappa shape index (κ1) is 16.2. The summed E-state index contributed by atoms with van der Waals surface area (Å²) in [4.78, 5) is 23.2. The number of amides is 1. The highest BCUT2D eigenvalue weighted by Crippen LogP contribution is 2.25. The molecule has 1 aromatic rings. The van der Waals surface area contributed by atoms with Gasteiger partial charge in [0.05, 0.1) is 11.7 Å². The van der Waals surface area contributed by atoms with E-state index in [1.165, 1.54) is 0 Å². The van der Waals surface area contributed by atoms with Crippen LogP contribution in [0, 0.1) is 0 Å². The summed E-state index contributed by atoms with van der Waals surface area (Å²) < 4.78 is 0. The molecule has 0 bridgehead atoms. The van der Waals surface area contributed by atoms with E-state index in [4.69, 9.17) is 0 Å². The number of rotatable bonds is 3. The number of nitrogens with zero attached hydrogens (tertiary/aromatic N) is 4. The number of anilines is 1. The summed E-state index contributed by atoms with van der Waals surface area (Å²) in [6.45, 7) is 3.10. The van der Waals surface area contributed by atoms with Gasteiger partial charge in [-0.3, -0.25) is 9.69 Å². The molecule has 2 atom stereocenters. The zero-order valence-electron chi connectivity index (χ0n) is 14.0. The molecule has 1 aliphatic carbocycles. The van der Waals surface area contributed by atoms with E-state index < -0.39 is 0 Å². The van der Waals surface area contributed by atoms with Gasteiger partial charge < -0.3 is 14.9 Å². The maximum atomic E-state index is 12.8. The predicted molar refractivity (Wildman–Crippen MR) is 89.7 cm³/mol. The Kier molecular flexibility index (Phi) is 4.82. The van der Waals surface area contributed by atoms with Gasteiger partial charge in [-0.05, 0) is 31.4 Å². The molecule has 0 spiro atoms. The number of hydrogen-bond donors (Lipinski definition) is 1. The molecular weight excluding hydrogens is 292 g/mol. The van der Waals surface area contributed by atoms with Crippen LogP contribution in [0.2, 0.25) is 0 Å². The lowest BCUT2D eigenvalue weighted by molar-refractivity contribution is 0.0316. The van der Waals surface area contributed by atoms with E-state index in [9.17, 15) is 9.90 Å². The van der Waals surface area contributed by atoms with Gasteiger partial charge in [0.15, 0.2) is 0 Å². The molecule has 1 N–H and O–H groups in total. The number of hydrogen-bond acceptors (Lipinski definition) is 5.